The third kappa shape index (κ3) is 4.84. The number of nitrogens with one attached hydrogen (secondary N) is 2. The molecule has 0 amide bonds. The summed E-state index contributed by atoms with van der Waals surface area (Å²) in [5, 5.41) is 3.22. The zero-order valence-corrected chi connectivity index (χ0v) is 14.7. The molecule has 4 nitrogen and oxygen atoms in total. The minimum atomic E-state index is -3.44. The fraction of sp³-hybridized carbons (Fsp3) is 0.714. The van der Waals surface area contributed by atoms with Gasteiger partial charge in [0.15, 0.2) is 0 Å². The molecule has 0 aromatic carbocycles. The molecule has 116 valence electrons. The molecular weight excluding hydrogens is 292 g/mol. The van der Waals surface area contributed by atoms with Gasteiger partial charge in [-0.2, -0.15) is 0 Å². The van der Waals surface area contributed by atoms with Gasteiger partial charge in [-0.15, -0.1) is 11.3 Å². The molecule has 0 unspecified atom stereocenters. The van der Waals surface area contributed by atoms with Crippen molar-refractivity contribution >= 4 is 21.4 Å². The van der Waals surface area contributed by atoms with Gasteiger partial charge in [-0.1, -0.05) is 20.3 Å². The summed E-state index contributed by atoms with van der Waals surface area (Å²) in [6.45, 7) is 11.4. The highest BCUT2D eigenvalue weighted by molar-refractivity contribution is 7.89. The molecule has 0 saturated heterocycles. The second kappa shape index (κ2) is 7.02. The van der Waals surface area contributed by atoms with Crippen molar-refractivity contribution in [3.63, 3.8) is 0 Å². The van der Waals surface area contributed by atoms with Gasteiger partial charge in [0.2, 0.25) is 10.0 Å². The lowest BCUT2D eigenvalue weighted by atomic mass is 10.0. The number of thiophene rings is 1. The molecule has 20 heavy (non-hydrogen) atoms. The van der Waals surface area contributed by atoms with E-state index in [0.717, 1.165) is 35.7 Å². The zero-order chi connectivity index (χ0) is 15.4. The Morgan fingerprint density at radius 1 is 1.30 bits per heavy atom. The van der Waals surface area contributed by atoms with Gasteiger partial charge >= 0.3 is 0 Å². The molecule has 0 aliphatic heterocycles. The molecule has 0 fully saturated rings. The van der Waals surface area contributed by atoms with Gasteiger partial charge in [0.25, 0.3) is 0 Å². The Kier molecular flexibility index (Phi) is 6.19. The van der Waals surface area contributed by atoms with E-state index in [1.165, 1.54) is 11.3 Å². The molecular formula is C14H26N2O2S2. The summed E-state index contributed by atoms with van der Waals surface area (Å²) >= 11 is 1.54. The summed E-state index contributed by atoms with van der Waals surface area (Å²) in [7, 11) is -3.44. The summed E-state index contributed by atoms with van der Waals surface area (Å²) in [5.74, 6) is 0. The maximum Gasteiger partial charge on any atom is 0.242 e. The lowest BCUT2D eigenvalue weighted by Gasteiger charge is -2.25. The van der Waals surface area contributed by atoms with Crippen molar-refractivity contribution in [3.05, 3.63) is 15.8 Å². The first-order chi connectivity index (χ1) is 9.22. The third-order valence-corrected chi connectivity index (χ3v) is 6.05. The molecule has 0 atom stereocenters. The van der Waals surface area contributed by atoms with E-state index < -0.39 is 15.6 Å². The van der Waals surface area contributed by atoms with Crippen LogP contribution in [0.3, 0.4) is 0 Å². The van der Waals surface area contributed by atoms with Crippen LogP contribution in [-0.4, -0.2) is 20.5 Å². The lowest BCUT2D eigenvalue weighted by Crippen LogP contribution is -2.43. The van der Waals surface area contributed by atoms with Crippen molar-refractivity contribution in [1.82, 2.24) is 10.0 Å². The first kappa shape index (κ1) is 17.6. The Balaban J connectivity index is 2.95. The number of aryl methyl sites for hydroxylation is 1. The summed E-state index contributed by atoms with van der Waals surface area (Å²) in [6.07, 6.45) is 1.77. The van der Waals surface area contributed by atoms with Crippen LogP contribution in [0.25, 0.3) is 0 Å². The van der Waals surface area contributed by atoms with Crippen molar-refractivity contribution < 1.29 is 8.42 Å². The van der Waals surface area contributed by atoms with Gasteiger partial charge in [0.1, 0.15) is 0 Å². The van der Waals surface area contributed by atoms with Crippen LogP contribution in [-0.2, 0) is 16.6 Å². The predicted octanol–water partition coefficient (Wildman–Crippen LogP) is 3.02. The molecule has 0 saturated carbocycles. The van der Waals surface area contributed by atoms with Gasteiger partial charge in [0, 0.05) is 21.8 Å². The van der Waals surface area contributed by atoms with Crippen LogP contribution in [0.5, 0.6) is 0 Å². The third-order valence-electron chi connectivity index (χ3n) is 3.05. The summed E-state index contributed by atoms with van der Waals surface area (Å²) in [6, 6.07) is 1.78. The van der Waals surface area contributed by atoms with E-state index in [0.29, 0.717) is 4.90 Å². The van der Waals surface area contributed by atoms with Gasteiger partial charge in [0.05, 0.1) is 4.90 Å². The number of rotatable bonds is 8. The number of hydrogen-bond donors (Lipinski definition) is 2. The van der Waals surface area contributed by atoms with Gasteiger partial charge < -0.3 is 5.32 Å². The normalized spacial score (nSPS) is 12.8. The molecule has 0 radical (unpaired) electrons. The van der Waals surface area contributed by atoms with E-state index in [4.69, 9.17) is 0 Å². The summed E-state index contributed by atoms with van der Waals surface area (Å²) < 4.78 is 27.8. The lowest BCUT2D eigenvalue weighted by molar-refractivity contribution is 0.417. The highest BCUT2D eigenvalue weighted by Crippen LogP contribution is 2.27. The van der Waals surface area contributed by atoms with Crippen LogP contribution >= 0.6 is 11.3 Å². The van der Waals surface area contributed by atoms with Crippen LogP contribution in [0.15, 0.2) is 11.0 Å². The van der Waals surface area contributed by atoms with Crippen molar-refractivity contribution in [3.8, 4) is 0 Å². The maximum atomic E-state index is 12.5. The van der Waals surface area contributed by atoms with E-state index in [9.17, 15) is 8.42 Å². The van der Waals surface area contributed by atoms with Crippen LogP contribution < -0.4 is 10.0 Å². The van der Waals surface area contributed by atoms with Crippen LogP contribution in [0.4, 0.5) is 0 Å². The van der Waals surface area contributed by atoms with Crippen molar-refractivity contribution in [1.29, 1.82) is 0 Å². The van der Waals surface area contributed by atoms with E-state index in [1.54, 1.807) is 6.07 Å². The van der Waals surface area contributed by atoms with Crippen molar-refractivity contribution in [2.45, 2.75) is 64.4 Å². The second-order valence-electron chi connectivity index (χ2n) is 5.65. The van der Waals surface area contributed by atoms with E-state index in [-0.39, 0.29) is 0 Å². The first-order valence-corrected chi connectivity index (χ1v) is 9.36. The fourth-order valence-corrected chi connectivity index (χ4v) is 5.27. The molecule has 0 spiro atoms. The second-order valence-corrected chi connectivity index (χ2v) is 8.64. The maximum absolute atomic E-state index is 12.5. The largest absolute Gasteiger partial charge is 0.312 e. The van der Waals surface area contributed by atoms with E-state index in [1.807, 2.05) is 27.7 Å². The average Bonchev–Trinajstić information content (AvgIpc) is 2.67. The molecule has 0 aliphatic rings. The Hall–Kier alpha value is -0.430. The molecule has 0 bridgehead atoms. The zero-order valence-electron chi connectivity index (χ0n) is 13.0. The van der Waals surface area contributed by atoms with Crippen molar-refractivity contribution in [2.24, 2.45) is 0 Å². The molecule has 1 heterocycles. The Labute approximate surface area is 127 Å². The molecule has 6 heteroatoms. The van der Waals surface area contributed by atoms with Crippen LogP contribution in [0.1, 0.15) is 50.3 Å². The summed E-state index contributed by atoms with van der Waals surface area (Å²) in [4.78, 5) is 2.32. The predicted molar refractivity (Wildman–Crippen MR) is 85.7 cm³/mol. The van der Waals surface area contributed by atoms with Gasteiger partial charge in [-0.3, -0.25) is 0 Å². The number of hydrogen-bond acceptors (Lipinski definition) is 4. The van der Waals surface area contributed by atoms with Gasteiger partial charge in [-0.05, 0) is 39.8 Å². The smallest absolute Gasteiger partial charge is 0.242 e. The quantitative estimate of drug-likeness (QED) is 0.774. The Bertz CT molecular complexity index is 533. The van der Waals surface area contributed by atoms with Crippen molar-refractivity contribution in [2.75, 3.05) is 6.54 Å². The van der Waals surface area contributed by atoms with Gasteiger partial charge in [-0.25, -0.2) is 13.1 Å². The van der Waals surface area contributed by atoms with E-state index in [2.05, 4.69) is 17.0 Å². The van der Waals surface area contributed by atoms with E-state index >= 15 is 0 Å². The molecule has 1 aromatic heterocycles. The molecule has 0 aliphatic carbocycles. The Morgan fingerprint density at radius 2 is 1.95 bits per heavy atom. The van der Waals surface area contributed by atoms with Crippen LogP contribution in [0, 0.1) is 6.92 Å². The average molecular weight is 319 g/mol. The number of sulfonamides is 1. The van der Waals surface area contributed by atoms with Crippen LogP contribution in [0.2, 0.25) is 0 Å². The highest BCUT2D eigenvalue weighted by atomic mass is 32.2. The minimum absolute atomic E-state index is 0.413. The topological polar surface area (TPSA) is 58.2 Å². The minimum Gasteiger partial charge on any atom is -0.312 e. The monoisotopic (exact) mass is 318 g/mol. The fourth-order valence-electron chi connectivity index (χ4n) is 2.22. The summed E-state index contributed by atoms with van der Waals surface area (Å²) in [5.41, 5.74) is -0.413. The molecule has 1 aromatic rings. The SMILES string of the molecule is CCCC(C)(C)NS(=O)(=O)c1cc(CNCC)sc1C. The Morgan fingerprint density at radius 3 is 2.50 bits per heavy atom. The molecule has 1 rings (SSSR count). The first-order valence-electron chi connectivity index (χ1n) is 7.06. The molecule has 2 N–H and O–H groups in total. The standard InChI is InChI=1S/C14H26N2O2S2/c1-6-8-14(4,5)16-20(17,18)13-9-12(10-15-7-2)19-11(13)3/h9,15-16H,6-8,10H2,1-5H3. The highest BCUT2D eigenvalue weighted by Gasteiger charge is 2.27.